The Balaban J connectivity index is 1.65. The van der Waals surface area contributed by atoms with Crippen LogP contribution in [0.3, 0.4) is 0 Å². The van der Waals surface area contributed by atoms with Crippen molar-refractivity contribution in [2.75, 3.05) is 44.2 Å². The van der Waals surface area contributed by atoms with Crippen LogP contribution in [0.1, 0.15) is 29.8 Å². The summed E-state index contributed by atoms with van der Waals surface area (Å²) < 4.78 is 5.02. The molecule has 1 aromatic heterocycles. The average Bonchev–Trinajstić information content (AvgIpc) is 2.75. The number of nitrogens with zero attached hydrogens (tertiary/aromatic N) is 4. The summed E-state index contributed by atoms with van der Waals surface area (Å²) >= 11 is 0. The first-order chi connectivity index (χ1) is 14.0. The number of anilines is 2. The van der Waals surface area contributed by atoms with Crippen LogP contribution in [0.5, 0.6) is 0 Å². The van der Waals surface area contributed by atoms with Crippen LogP contribution in [0.25, 0.3) is 0 Å². The number of benzene rings is 1. The molecule has 2 aromatic rings. The van der Waals surface area contributed by atoms with Gasteiger partial charge in [-0.3, -0.25) is 4.79 Å². The number of hydrogen-bond donors (Lipinski definition) is 0. The van der Waals surface area contributed by atoms with Crippen molar-refractivity contribution in [1.29, 1.82) is 0 Å². The molecule has 1 saturated heterocycles. The van der Waals surface area contributed by atoms with E-state index in [1.54, 1.807) is 22.9 Å². The van der Waals surface area contributed by atoms with E-state index >= 15 is 0 Å². The maximum absolute atomic E-state index is 12.8. The second-order valence-corrected chi connectivity index (χ2v) is 6.97. The Kier molecular flexibility index (Phi) is 6.69. The SMILES string of the molecule is CCOC(=O)N1CCN(C(=O)c2ccc(N(CC)c3cccc(C)c3)nc2)CC1. The minimum absolute atomic E-state index is 0.0637. The van der Waals surface area contributed by atoms with Crippen molar-refractivity contribution in [3.05, 3.63) is 53.7 Å². The molecule has 154 valence electrons. The van der Waals surface area contributed by atoms with Gasteiger partial charge >= 0.3 is 6.09 Å². The molecule has 0 aliphatic carbocycles. The number of amides is 2. The highest BCUT2D eigenvalue weighted by Crippen LogP contribution is 2.24. The molecule has 7 heteroatoms. The van der Waals surface area contributed by atoms with Gasteiger partial charge in [-0.2, -0.15) is 0 Å². The van der Waals surface area contributed by atoms with Gasteiger partial charge in [0.2, 0.25) is 0 Å². The number of ether oxygens (including phenoxy) is 1. The normalized spacial score (nSPS) is 13.9. The molecule has 2 amide bonds. The standard InChI is InChI=1S/C22H28N4O3/c1-4-26(19-8-6-7-17(3)15-19)20-10-9-18(16-23-20)21(27)24-11-13-25(14-12-24)22(28)29-5-2/h6-10,15-16H,4-5,11-14H2,1-3H3. The molecular formula is C22H28N4O3. The molecule has 0 radical (unpaired) electrons. The lowest BCUT2D eigenvalue weighted by atomic mass is 10.2. The molecule has 1 aliphatic rings. The fourth-order valence-corrected chi connectivity index (χ4v) is 3.43. The topological polar surface area (TPSA) is 66.0 Å². The maximum Gasteiger partial charge on any atom is 0.409 e. The third kappa shape index (κ3) is 4.85. The summed E-state index contributed by atoms with van der Waals surface area (Å²) in [7, 11) is 0. The highest BCUT2D eigenvalue weighted by Gasteiger charge is 2.25. The van der Waals surface area contributed by atoms with E-state index in [1.807, 2.05) is 18.2 Å². The number of carbonyl (C=O) groups excluding carboxylic acids is 2. The zero-order chi connectivity index (χ0) is 20.8. The Labute approximate surface area is 171 Å². The van der Waals surface area contributed by atoms with Crippen molar-refractivity contribution in [2.45, 2.75) is 20.8 Å². The van der Waals surface area contributed by atoms with Crippen LogP contribution in [0.2, 0.25) is 0 Å². The number of aromatic nitrogens is 1. The summed E-state index contributed by atoms with van der Waals surface area (Å²) in [6.45, 7) is 8.99. The van der Waals surface area contributed by atoms with Crippen LogP contribution in [0, 0.1) is 6.92 Å². The van der Waals surface area contributed by atoms with Gasteiger partial charge in [0.15, 0.2) is 0 Å². The molecule has 0 atom stereocenters. The van der Waals surface area contributed by atoms with Crippen molar-refractivity contribution < 1.29 is 14.3 Å². The highest BCUT2D eigenvalue weighted by molar-refractivity contribution is 5.94. The molecular weight excluding hydrogens is 368 g/mol. The van der Waals surface area contributed by atoms with Crippen molar-refractivity contribution >= 4 is 23.5 Å². The molecule has 0 N–H and O–H groups in total. The quantitative estimate of drug-likeness (QED) is 0.774. The molecule has 1 aromatic carbocycles. The van der Waals surface area contributed by atoms with Crippen LogP contribution in [-0.2, 0) is 4.74 Å². The largest absolute Gasteiger partial charge is 0.450 e. The van der Waals surface area contributed by atoms with E-state index in [-0.39, 0.29) is 12.0 Å². The van der Waals surface area contributed by atoms with Crippen molar-refractivity contribution in [2.24, 2.45) is 0 Å². The van der Waals surface area contributed by atoms with Crippen molar-refractivity contribution in [1.82, 2.24) is 14.8 Å². The van der Waals surface area contributed by atoms with Gasteiger partial charge in [-0.1, -0.05) is 12.1 Å². The smallest absolute Gasteiger partial charge is 0.409 e. The average molecular weight is 396 g/mol. The number of aryl methyl sites for hydroxylation is 1. The molecule has 29 heavy (non-hydrogen) atoms. The summed E-state index contributed by atoms with van der Waals surface area (Å²) in [5.74, 6) is 0.743. The van der Waals surface area contributed by atoms with Crippen molar-refractivity contribution in [3.63, 3.8) is 0 Å². The van der Waals surface area contributed by atoms with Gasteiger partial charge in [0, 0.05) is 44.6 Å². The molecule has 7 nitrogen and oxygen atoms in total. The molecule has 0 saturated carbocycles. The Morgan fingerprint density at radius 3 is 2.38 bits per heavy atom. The number of carbonyl (C=O) groups is 2. The Hall–Kier alpha value is -3.09. The number of rotatable bonds is 5. The van der Waals surface area contributed by atoms with Crippen LogP contribution < -0.4 is 4.90 Å². The van der Waals surface area contributed by atoms with Gasteiger partial charge < -0.3 is 19.4 Å². The van der Waals surface area contributed by atoms with Gasteiger partial charge in [-0.05, 0) is 50.6 Å². The Morgan fingerprint density at radius 1 is 1.07 bits per heavy atom. The van der Waals surface area contributed by atoms with Crippen molar-refractivity contribution in [3.8, 4) is 0 Å². The molecule has 0 bridgehead atoms. The highest BCUT2D eigenvalue weighted by atomic mass is 16.6. The van der Waals surface area contributed by atoms with Crippen LogP contribution >= 0.6 is 0 Å². The predicted molar refractivity (Wildman–Crippen MR) is 113 cm³/mol. The molecule has 0 spiro atoms. The monoisotopic (exact) mass is 396 g/mol. The van der Waals surface area contributed by atoms with E-state index in [1.165, 1.54) is 5.56 Å². The molecule has 2 heterocycles. The summed E-state index contributed by atoms with van der Waals surface area (Å²) in [6.07, 6.45) is 1.31. The van der Waals surface area contributed by atoms with Gasteiger partial charge in [-0.25, -0.2) is 9.78 Å². The van der Waals surface area contributed by atoms with E-state index in [4.69, 9.17) is 4.74 Å². The van der Waals surface area contributed by atoms with Gasteiger partial charge in [0.1, 0.15) is 5.82 Å². The second kappa shape index (κ2) is 9.41. The first kappa shape index (κ1) is 20.6. The van der Waals surface area contributed by atoms with E-state index in [2.05, 4.69) is 41.9 Å². The van der Waals surface area contributed by atoms with E-state index in [0.29, 0.717) is 38.3 Å². The molecule has 3 rings (SSSR count). The van der Waals surface area contributed by atoms with Crippen LogP contribution in [0.4, 0.5) is 16.3 Å². The van der Waals surface area contributed by atoms with E-state index in [9.17, 15) is 9.59 Å². The third-order valence-corrected chi connectivity index (χ3v) is 4.99. The molecule has 0 unspecified atom stereocenters. The fraction of sp³-hybridized carbons (Fsp3) is 0.409. The molecule has 1 aliphatic heterocycles. The number of pyridine rings is 1. The lowest BCUT2D eigenvalue weighted by Crippen LogP contribution is -2.50. The Morgan fingerprint density at radius 2 is 1.79 bits per heavy atom. The van der Waals surface area contributed by atoms with E-state index in [0.717, 1.165) is 18.1 Å². The summed E-state index contributed by atoms with van der Waals surface area (Å²) in [5.41, 5.74) is 2.82. The van der Waals surface area contributed by atoms with Gasteiger partial charge in [0.05, 0.1) is 12.2 Å². The predicted octanol–water partition coefficient (Wildman–Crippen LogP) is 3.46. The molecule has 1 fully saturated rings. The fourth-order valence-electron chi connectivity index (χ4n) is 3.43. The summed E-state index contributed by atoms with van der Waals surface area (Å²) in [5, 5.41) is 0. The lowest BCUT2D eigenvalue weighted by molar-refractivity contribution is 0.0570. The third-order valence-electron chi connectivity index (χ3n) is 4.99. The first-order valence-corrected chi connectivity index (χ1v) is 10.0. The summed E-state index contributed by atoms with van der Waals surface area (Å²) in [6, 6.07) is 12.0. The first-order valence-electron chi connectivity index (χ1n) is 10.0. The number of piperazine rings is 1. The number of hydrogen-bond acceptors (Lipinski definition) is 5. The van der Waals surface area contributed by atoms with Gasteiger partial charge in [0.25, 0.3) is 5.91 Å². The van der Waals surface area contributed by atoms with E-state index < -0.39 is 0 Å². The zero-order valence-corrected chi connectivity index (χ0v) is 17.3. The zero-order valence-electron chi connectivity index (χ0n) is 17.3. The minimum Gasteiger partial charge on any atom is -0.450 e. The van der Waals surface area contributed by atoms with Crippen LogP contribution in [0.15, 0.2) is 42.6 Å². The van der Waals surface area contributed by atoms with Gasteiger partial charge in [-0.15, -0.1) is 0 Å². The minimum atomic E-state index is -0.318. The maximum atomic E-state index is 12.8. The lowest BCUT2D eigenvalue weighted by Gasteiger charge is -2.34. The van der Waals surface area contributed by atoms with Crippen LogP contribution in [-0.4, -0.2) is 66.1 Å². The Bertz CT molecular complexity index is 845. The summed E-state index contributed by atoms with van der Waals surface area (Å²) in [4.78, 5) is 34.6. The second-order valence-electron chi connectivity index (χ2n) is 6.97.